The maximum Gasteiger partial charge on any atom is 0.407 e. The first-order valence-electron chi connectivity index (χ1n) is 1.97. The second-order valence-corrected chi connectivity index (χ2v) is 1.12. The van der Waals surface area contributed by atoms with Crippen molar-refractivity contribution in [2.75, 3.05) is 0 Å². The molecule has 8 heteroatoms. The zero-order valence-electron chi connectivity index (χ0n) is 4.64. The van der Waals surface area contributed by atoms with Gasteiger partial charge in [-0.05, 0) is 0 Å². The molecule has 10 heavy (non-hydrogen) atoms. The van der Waals surface area contributed by atoms with Gasteiger partial charge in [0.1, 0.15) is 0 Å². The number of nitriles is 1. The molecule has 0 rings (SSSR count). The van der Waals surface area contributed by atoms with Gasteiger partial charge in [-0.2, -0.15) is 11.1 Å². The van der Waals surface area contributed by atoms with E-state index in [-0.39, 0.29) is 5.12 Å². The van der Waals surface area contributed by atoms with Crippen molar-refractivity contribution in [2.45, 2.75) is 0 Å². The zero-order chi connectivity index (χ0) is 8.15. The van der Waals surface area contributed by atoms with Crippen LogP contribution in [0.25, 0.3) is 0 Å². The molecule has 0 unspecified atom stereocenters. The van der Waals surface area contributed by atoms with E-state index in [9.17, 15) is 14.9 Å². The van der Waals surface area contributed by atoms with Gasteiger partial charge in [-0.25, -0.2) is 20.2 Å². The van der Waals surface area contributed by atoms with Crippen LogP contribution in [0, 0.1) is 21.6 Å². The van der Waals surface area contributed by atoms with Crippen molar-refractivity contribution in [2.24, 2.45) is 5.84 Å². The van der Waals surface area contributed by atoms with Crippen LogP contribution < -0.4 is 11.2 Å². The van der Waals surface area contributed by atoms with Gasteiger partial charge < -0.3 is 0 Å². The Morgan fingerprint density at radius 3 is 2.70 bits per heavy atom. The van der Waals surface area contributed by atoms with Crippen LogP contribution in [0.1, 0.15) is 0 Å². The molecule has 8 nitrogen and oxygen atoms in total. The summed E-state index contributed by atoms with van der Waals surface area (Å²) in [6, 6.07) is -1.28. The van der Waals surface area contributed by atoms with Crippen LogP contribution in [-0.2, 0) is 0 Å². The van der Waals surface area contributed by atoms with Gasteiger partial charge >= 0.3 is 6.03 Å². The highest BCUT2D eigenvalue weighted by molar-refractivity contribution is 5.73. The van der Waals surface area contributed by atoms with E-state index in [1.807, 2.05) is 0 Å². The van der Waals surface area contributed by atoms with Crippen molar-refractivity contribution in [3.63, 3.8) is 0 Å². The third-order valence-corrected chi connectivity index (χ3v) is 0.547. The maximum atomic E-state index is 10.2. The zero-order valence-corrected chi connectivity index (χ0v) is 4.64. The van der Waals surface area contributed by atoms with Gasteiger partial charge in [0.2, 0.25) is 0 Å². The number of hydrogen-bond donors (Lipinski definition) is 2. The normalized spacial score (nSPS) is 7.60. The van der Waals surface area contributed by atoms with Crippen LogP contribution in [0.2, 0.25) is 0 Å². The summed E-state index contributed by atoms with van der Waals surface area (Å²) in [4.78, 5) is 19.9. The third-order valence-electron chi connectivity index (χ3n) is 0.547. The number of hydrogen-bond acceptors (Lipinski definition) is 5. The summed E-state index contributed by atoms with van der Waals surface area (Å²) in [7, 11) is 0. The molecule has 0 aromatic carbocycles. The lowest BCUT2D eigenvalue weighted by atomic mass is 11.0. The predicted octanol–water partition coefficient (Wildman–Crippen LogP) is -1.46. The van der Waals surface area contributed by atoms with Crippen LogP contribution >= 0.6 is 0 Å². The second-order valence-electron chi connectivity index (χ2n) is 1.12. The SMILES string of the molecule is N#CNC(=O)N(N)[N+](=O)[O-]. The Morgan fingerprint density at radius 2 is 2.40 bits per heavy atom. The quantitative estimate of drug-likeness (QED) is 0.116. The fraction of sp³-hybridized carbons (Fsp3) is 0. The molecule has 0 fully saturated rings. The Balaban J connectivity index is 3.98. The number of rotatable bonds is 1. The number of nitrogens with one attached hydrogen (secondary N) is 1. The third kappa shape index (κ3) is 1.93. The van der Waals surface area contributed by atoms with E-state index >= 15 is 0 Å². The molecule has 0 aliphatic heterocycles. The van der Waals surface area contributed by atoms with Gasteiger partial charge in [-0.1, -0.05) is 0 Å². The topological polar surface area (TPSA) is 125 Å². The monoisotopic (exact) mass is 145 g/mol. The minimum Gasteiger partial charge on any atom is -0.240 e. The van der Waals surface area contributed by atoms with Crippen molar-refractivity contribution in [3.8, 4) is 6.19 Å². The summed E-state index contributed by atoms with van der Waals surface area (Å²) in [6.45, 7) is 0. The number of nitro groups is 1. The molecule has 3 N–H and O–H groups in total. The van der Waals surface area contributed by atoms with Gasteiger partial charge in [0, 0.05) is 5.12 Å². The van der Waals surface area contributed by atoms with Crippen molar-refractivity contribution >= 4 is 6.03 Å². The average molecular weight is 145 g/mol. The first-order valence-corrected chi connectivity index (χ1v) is 1.97. The van der Waals surface area contributed by atoms with Crippen LogP contribution in [0.4, 0.5) is 4.79 Å². The van der Waals surface area contributed by atoms with Gasteiger partial charge in [0.25, 0.3) is 0 Å². The van der Waals surface area contributed by atoms with Crippen molar-refractivity contribution < 1.29 is 9.83 Å². The van der Waals surface area contributed by atoms with E-state index in [1.165, 1.54) is 11.5 Å². The summed E-state index contributed by atoms with van der Waals surface area (Å²) in [5, 5.41) is 17.4. The highest BCUT2D eigenvalue weighted by atomic mass is 16.7. The molecule has 0 aromatic heterocycles. The standard InChI is InChI=1S/C2H3N5O3/c3-1-5-2(8)6(4)7(9)10/h4H2,(H,5,8). The van der Waals surface area contributed by atoms with Gasteiger partial charge in [0.15, 0.2) is 11.2 Å². The molecular formula is C2H3N5O3. The molecule has 0 aliphatic carbocycles. The van der Waals surface area contributed by atoms with Gasteiger partial charge in [0.05, 0.1) is 0 Å². The van der Waals surface area contributed by atoms with Crippen LogP contribution in [-0.4, -0.2) is 16.2 Å². The van der Waals surface area contributed by atoms with E-state index in [0.29, 0.717) is 0 Å². The minimum absolute atomic E-state index is 0.330. The van der Waals surface area contributed by atoms with E-state index in [1.54, 1.807) is 0 Å². The van der Waals surface area contributed by atoms with Crippen LogP contribution in [0.3, 0.4) is 0 Å². The molecule has 0 aliphatic rings. The molecule has 2 amide bonds. The van der Waals surface area contributed by atoms with Crippen molar-refractivity contribution in [3.05, 3.63) is 10.1 Å². The molecule has 54 valence electrons. The second kappa shape index (κ2) is 3.21. The maximum absolute atomic E-state index is 10.2. The first-order chi connectivity index (χ1) is 4.59. The Labute approximate surface area is 54.9 Å². The van der Waals surface area contributed by atoms with Crippen molar-refractivity contribution in [1.29, 1.82) is 5.26 Å². The van der Waals surface area contributed by atoms with E-state index < -0.39 is 11.1 Å². The number of amides is 2. The van der Waals surface area contributed by atoms with Gasteiger partial charge in [-0.15, -0.1) is 0 Å². The minimum atomic E-state index is -1.28. The lowest BCUT2D eigenvalue weighted by molar-refractivity contribution is -0.635. The Kier molecular flexibility index (Phi) is 2.60. The number of carbonyl (C=O) groups is 1. The van der Waals surface area contributed by atoms with Crippen LogP contribution in [0.15, 0.2) is 0 Å². The van der Waals surface area contributed by atoms with E-state index in [4.69, 9.17) is 5.26 Å². The lowest BCUT2D eigenvalue weighted by Crippen LogP contribution is -2.46. The Hall–Kier alpha value is -1.88. The molecule has 0 aromatic rings. The lowest BCUT2D eigenvalue weighted by Gasteiger charge is -2.00. The average Bonchev–Trinajstić information content (AvgIpc) is 1.87. The van der Waals surface area contributed by atoms with Crippen molar-refractivity contribution in [1.82, 2.24) is 10.4 Å². The Morgan fingerprint density at radius 1 is 1.90 bits per heavy atom. The summed E-state index contributed by atoms with van der Waals surface area (Å²) in [5.74, 6) is 4.52. The molecule has 0 radical (unpaired) electrons. The predicted molar refractivity (Wildman–Crippen MR) is 27.2 cm³/mol. The molecule has 0 atom stereocenters. The summed E-state index contributed by atoms with van der Waals surface area (Å²) < 4.78 is 0. The molecule has 0 bridgehead atoms. The summed E-state index contributed by atoms with van der Waals surface area (Å²) in [5.41, 5.74) is 0. The smallest absolute Gasteiger partial charge is 0.240 e. The summed E-state index contributed by atoms with van der Waals surface area (Å²) in [6.07, 6.45) is 1.18. The highest BCUT2D eigenvalue weighted by Crippen LogP contribution is 1.77. The number of nitrogens with two attached hydrogens (primary N) is 1. The fourth-order valence-corrected chi connectivity index (χ4v) is 0.179. The molecule has 0 saturated heterocycles. The number of carbonyl (C=O) groups excluding carboxylic acids is 1. The first kappa shape index (κ1) is 8.12. The summed E-state index contributed by atoms with van der Waals surface area (Å²) >= 11 is 0. The van der Waals surface area contributed by atoms with Crippen LogP contribution in [0.5, 0.6) is 0 Å². The Bertz CT molecular complexity index is 194. The molecule has 0 spiro atoms. The molecule has 0 heterocycles. The van der Waals surface area contributed by atoms with E-state index in [2.05, 4.69) is 5.84 Å². The number of nitrogens with zero attached hydrogens (tertiary/aromatic N) is 3. The highest BCUT2D eigenvalue weighted by Gasteiger charge is 2.18. The number of urea groups is 1. The largest absolute Gasteiger partial charge is 0.407 e. The molecule has 0 saturated carbocycles. The molecular weight excluding hydrogens is 142 g/mol. The van der Waals surface area contributed by atoms with Gasteiger partial charge in [-0.3, -0.25) is 0 Å². The fourth-order valence-electron chi connectivity index (χ4n) is 0.179. The number of hydrazine groups is 2. The van der Waals surface area contributed by atoms with E-state index in [0.717, 1.165) is 0 Å².